The van der Waals surface area contributed by atoms with Crippen molar-refractivity contribution in [2.45, 2.75) is 25.2 Å². The summed E-state index contributed by atoms with van der Waals surface area (Å²) < 4.78 is 5.76. The van der Waals surface area contributed by atoms with E-state index in [1.54, 1.807) is 0 Å². The number of anilines is 2. The van der Waals surface area contributed by atoms with Crippen LogP contribution >= 0.6 is 0 Å². The fourth-order valence-electron chi connectivity index (χ4n) is 4.73. The first kappa shape index (κ1) is 22.7. The Morgan fingerprint density at radius 1 is 0.838 bits per heavy atom. The van der Waals surface area contributed by atoms with Crippen LogP contribution in [0.2, 0.25) is 0 Å². The molecule has 1 aliphatic rings. The summed E-state index contributed by atoms with van der Waals surface area (Å²) >= 11 is 0. The first-order chi connectivity index (χ1) is 18.0. The van der Waals surface area contributed by atoms with Crippen LogP contribution in [-0.2, 0) is 10.2 Å². The van der Waals surface area contributed by atoms with Crippen molar-refractivity contribution in [3.63, 3.8) is 0 Å². The van der Waals surface area contributed by atoms with Gasteiger partial charge in [-0.1, -0.05) is 78.0 Å². The number of benzene rings is 3. The molecule has 6 nitrogen and oxygen atoms in total. The number of hydrogen-bond acceptors (Lipinski definition) is 5. The fourth-order valence-corrected chi connectivity index (χ4v) is 4.73. The molecule has 6 rings (SSSR count). The van der Waals surface area contributed by atoms with Crippen LogP contribution in [0.3, 0.4) is 0 Å². The number of carboxylic acids is 1. The highest BCUT2D eigenvalue weighted by Gasteiger charge is 2.51. The summed E-state index contributed by atoms with van der Waals surface area (Å²) in [6.07, 6.45) is 1.41. The van der Waals surface area contributed by atoms with E-state index in [0.29, 0.717) is 18.6 Å². The fraction of sp³-hybridized carbons (Fsp3) is 0.129. The SMILES string of the molecule is Cc1noc(-c2ccc(-c3ccc(C4(C(=O)O)CC4)cc3)cc2)c1-c1cccc(Nc2ccccc2)n1. The second-order valence-electron chi connectivity index (χ2n) is 9.41. The van der Waals surface area contributed by atoms with Gasteiger partial charge in [-0.05, 0) is 60.7 Å². The number of carboxylic acid groups (broad SMARTS) is 1. The molecule has 6 heteroatoms. The van der Waals surface area contributed by atoms with Gasteiger partial charge in [0.2, 0.25) is 0 Å². The molecule has 0 bridgehead atoms. The molecule has 0 saturated heterocycles. The molecule has 1 fully saturated rings. The van der Waals surface area contributed by atoms with Crippen molar-refractivity contribution in [1.29, 1.82) is 0 Å². The van der Waals surface area contributed by atoms with Gasteiger partial charge >= 0.3 is 5.97 Å². The molecule has 0 radical (unpaired) electrons. The van der Waals surface area contributed by atoms with Crippen molar-refractivity contribution in [3.05, 3.63) is 108 Å². The van der Waals surface area contributed by atoms with E-state index in [-0.39, 0.29) is 0 Å². The Kier molecular flexibility index (Phi) is 5.57. The third-order valence-corrected chi connectivity index (χ3v) is 6.99. The van der Waals surface area contributed by atoms with E-state index in [2.05, 4.69) is 10.5 Å². The number of aliphatic carboxylic acids is 1. The second kappa shape index (κ2) is 9.06. The van der Waals surface area contributed by atoms with Crippen molar-refractivity contribution in [3.8, 4) is 33.7 Å². The maximum Gasteiger partial charge on any atom is 0.314 e. The van der Waals surface area contributed by atoms with Crippen molar-refractivity contribution < 1.29 is 14.4 Å². The summed E-state index contributed by atoms with van der Waals surface area (Å²) in [7, 11) is 0. The van der Waals surface area contributed by atoms with Crippen LogP contribution in [0.5, 0.6) is 0 Å². The van der Waals surface area contributed by atoms with Crippen molar-refractivity contribution in [1.82, 2.24) is 10.1 Å². The van der Waals surface area contributed by atoms with Crippen LogP contribution in [0.15, 0.2) is 102 Å². The number of carbonyl (C=O) groups is 1. The maximum absolute atomic E-state index is 11.6. The van der Waals surface area contributed by atoms with Gasteiger partial charge < -0.3 is 14.9 Å². The summed E-state index contributed by atoms with van der Waals surface area (Å²) in [5, 5.41) is 17.1. The van der Waals surface area contributed by atoms with Crippen LogP contribution in [0.1, 0.15) is 24.1 Å². The lowest BCUT2D eigenvalue weighted by Gasteiger charge is -2.11. The Morgan fingerprint density at radius 2 is 1.49 bits per heavy atom. The molecule has 1 saturated carbocycles. The van der Waals surface area contributed by atoms with Crippen LogP contribution < -0.4 is 5.32 Å². The van der Waals surface area contributed by atoms with E-state index in [1.807, 2.05) is 104 Å². The van der Waals surface area contributed by atoms with Crippen molar-refractivity contribution in [2.24, 2.45) is 0 Å². The van der Waals surface area contributed by atoms with Gasteiger partial charge in [0.15, 0.2) is 5.76 Å². The van der Waals surface area contributed by atoms with Gasteiger partial charge in [-0.15, -0.1) is 0 Å². The highest BCUT2D eigenvalue weighted by atomic mass is 16.5. The zero-order valence-electron chi connectivity index (χ0n) is 20.3. The molecule has 1 aliphatic carbocycles. The van der Waals surface area contributed by atoms with E-state index in [9.17, 15) is 9.90 Å². The molecule has 0 spiro atoms. The zero-order chi connectivity index (χ0) is 25.4. The minimum absolute atomic E-state index is 0.667. The topological polar surface area (TPSA) is 88.2 Å². The first-order valence-electron chi connectivity index (χ1n) is 12.2. The first-order valence-corrected chi connectivity index (χ1v) is 12.2. The number of pyridine rings is 1. The molecule has 0 amide bonds. The summed E-state index contributed by atoms with van der Waals surface area (Å²) in [5.41, 5.74) is 6.54. The lowest BCUT2D eigenvalue weighted by atomic mass is 9.93. The smallest absolute Gasteiger partial charge is 0.314 e. The van der Waals surface area contributed by atoms with Crippen LogP contribution in [0.4, 0.5) is 11.5 Å². The number of aromatic nitrogens is 2. The Labute approximate surface area is 214 Å². The Morgan fingerprint density at radius 3 is 2.14 bits per heavy atom. The Hall–Kier alpha value is -4.71. The monoisotopic (exact) mass is 487 g/mol. The molecule has 0 unspecified atom stereocenters. The summed E-state index contributed by atoms with van der Waals surface area (Å²) in [5.74, 6) is 0.671. The third kappa shape index (κ3) is 4.27. The van der Waals surface area contributed by atoms with Gasteiger partial charge in [0.05, 0.1) is 22.4 Å². The van der Waals surface area contributed by atoms with E-state index in [1.165, 1.54) is 0 Å². The number of para-hydroxylation sites is 1. The van der Waals surface area contributed by atoms with E-state index < -0.39 is 11.4 Å². The van der Waals surface area contributed by atoms with Crippen LogP contribution in [-0.4, -0.2) is 21.2 Å². The highest BCUT2D eigenvalue weighted by molar-refractivity contribution is 5.85. The predicted octanol–water partition coefficient (Wildman–Crippen LogP) is 7.24. The minimum atomic E-state index is -0.737. The molecule has 3 aromatic carbocycles. The van der Waals surface area contributed by atoms with Crippen LogP contribution in [0.25, 0.3) is 33.7 Å². The van der Waals surface area contributed by atoms with E-state index in [4.69, 9.17) is 9.51 Å². The van der Waals surface area contributed by atoms with E-state index in [0.717, 1.165) is 50.7 Å². The minimum Gasteiger partial charge on any atom is -0.481 e. The second-order valence-corrected chi connectivity index (χ2v) is 9.41. The maximum atomic E-state index is 11.6. The Bertz CT molecular complexity index is 1570. The molecular weight excluding hydrogens is 462 g/mol. The van der Waals surface area contributed by atoms with Crippen LogP contribution in [0, 0.1) is 6.92 Å². The standard InChI is InChI=1S/C31H25N3O3/c1-20-28(26-8-5-9-27(33-26)32-25-6-3-2-4-7-25)29(37-34-20)23-12-10-21(11-13-23)22-14-16-24(17-15-22)31(18-19-31)30(35)36/h2-17H,18-19H2,1H3,(H,32,33)(H,35,36). The molecule has 0 atom stereocenters. The van der Waals surface area contributed by atoms with Gasteiger partial charge in [-0.2, -0.15) is 0 Å². The summed E-state index contributed by atoms with van der Waals surface area (Å²) in [4.78, 5) is 16.4. The zero-order valence-corrected chi connectivity index (χ0v) is 20.3. The predicted molar refractivity (Wildman–Crippen MR) is 144 cm³/mol. The van der Waals surface area contributed by atoms with Crippen molar-refractivity contribution >= 4 is 17.5 Å². The number of hydrogen-bond donors (Lipinski definition) is 2. The molecule has 182 valence electrons. The van der Waals surface area contributed by atoms with Crippen molar-refractivity contribution in [2.75, 3.05) is 5.32 Å². The molecule has 5 aromatic rings. The molecule has 2 aromatic heterocycles. The molecule has 0 aliphatic heterocycles. The number of nitrogens with one attached hydrogen (secondary N) is 1. The molecule has 37 heavy (non-hydrogen) atoms. The van der Waals surface area contributed by atoms with Gasteiger partial charge in [0.1, 0.15) is 5.82 Å². The van der Waals surface area contributed by atoms with Gasteiger partial charge in [0.25, 0.3) is 0 Å². The third-order valence-electron chi connectivity index (χ3n) is 6.99. The summed E-state index contributed by atoms with van der Waals surface area (Å²) in [6.45, 7) is 1.92. The largest absolute Gasteiger partial charge is 0.481 e. The molecular formula is C31H25N3O3. The number of nitrogens with zero attached hydrogens (tertiary/aromatic N) is 2. The molecule has 2 N–H and O–H groups in total. The Balaban J connectivity index is 1.27. The highest BCUT2D eigenvalue weighted by Crippen LogP contribution is 2.48. The lowest BCUT2D eigenvalue weighted by Crippen LogP contribution is -2.19. The molecule has 2 heterocycles. The average molecular weight is 488 g/mol. The summed E-state index contributed by atoms with van der Waals surface area (Å²) in [6, 6.07) is 31.7. The van der Waals surface area contributed by atoms with Gasteiger partial charge in [0, 0.05) is 11.3 Å². The lowest BCUT2D eigenvalue weighted by molar-refractivity contribution is -0.140. The normalized spacial score (nSPS) is 13.8. The quantitative estimate of drug-likeness (QED) is 0.252. The number of rotatable bonds is 7. The average Bonchev–Trinajstić information content (AvgIpc) is 3.66. The van der Waals surface area contributed by atoms with Gasteiger partial charge in [-0.25, -0.2) is 4.98 Å². The van der Waals surface area contributed by atoms with E-state index >= 15 is 0 Å². The number of aryl methyl sites for hydroxylation is 1. The van der Waals surface area contributed by atoms with Gasteiger partial charge in [-0.3, -0.25) is 4.79 Å².